The van der Waals surface area contributed by atoms with Gasteiger partial charge in [-0.2, -0.15) is 0 Å². The smallest absolute Gasteiger partial charge is 0.303 e. The minimum Gasteiger partial charge on any atom is -0.481 e. The van der Waals surface area contributed by atoms with Crippen LogP contribution in [-0.4, -0.2) is 35.5 Å². The first kappa shape index (κ1) is 11.5. The van der Waals surface area contributed by atoms with Gasteiger partial charge in [-0.3, -0.25) is 14.4 Å². The zero-order chi connectivity index (χ0) is 11.3. The minimum absolute atomic E-state index is 0.00470. The molecule has 0 aliphatic carbocycles. The van der Waals surface area contributed by atoms with E-state index < -0.39 is 5.97 Å². The second kappa shape index (κ2) is 5.33. The quantitative estimate of drug-likeness (QED) is 0.561. The van der Waals surface area contributed by atoms with Gasteiger partial charge in [-0.25, -0.2) is 0 Å². The van der Waals surface area contributed by atoms with Gasteiger partial charge in [-0.05, 0) is 6.42 Å². The maximum Gasteiger partial charge on any atom is 0.303 e. The zero-order valence-corrected chi connectivity index (χ0v) is 8.28. The van der Waals surface area contributed by atoms with E-state index in [1.54, 1.807) is 0 Å². The fraction of sp³-hybridized carbons (Fsp3) is 0.667. The summed E-state index contributed by atoms with van der Waals surface area (Å²) in [6.07, 6.45) is 0.826. The summed E-state index contributed by atoms with van der Waals surface area (Å²) < 4.78 is 0. The normalized spacial score (nSPS) is 19.7. The molecule has 0 spiro atoms. The Balaban J connectivity index is 2.13. The van der Waals surface area contributed by atoms with Crippen LogP contribution < -0.4 is 10.6 Å². The fourth-order valence-electron chi connectivity index (χ4n) is 1.41. The summed E-state index contributed by atoms with van der Waals surface area (Å²) in [4.78, 5) is 32.2. The van der Waals surface area contributed by atoms with E-state index in [-0.39, 0.29) is 30.7 Å². The third-order valence-electron chi connectivity index (χ3n) is 2.14. The van der Waals surface area contributed by atoms with Gasteiger partial charge in [0.05, 0.1) is 6.04 Å². The number of carboxylic acid groups (broad SMARTS) is 1. The fourth-order valence-corrected chi connectivity index (χ4v) is 1.41. The number of hydrogen-bond donors (Lipinski definition) is 3. The zero-order valence-electron chi connectivity index (χ0n) is 8.28. The first-order valence-electron chi connectivity index (χ1n) is 4.86. The van der Waals surface area contributed by atoms with Gasteiger partial charge in [0.1, 0.15) is 0 Å². The van der Waals surface area contributed by atoms with Gasteiger partial charge in [-0.15, -0.1) is 0 Å². The van der Waals surface area contributed by atoms with Crippen LogP contribution in [0.25, 0.3) is 0 Å². The number of carbonyl (C=O) groups is 3. The molecule has 0 aromatic heterocycles. The standard InChI is InChI=1S/C9H14N2O4/c12-7(2-1-3-9(14)15)11-6-4-8(13)10-5-6/h6H,1-5H2,(H,10,13)(H,11,12)(H,14,15). The van der Waals surface area contributed by atoms with Crippen molar-refractivity contribution in [3.8, 4) is 0 Å². The molecule has 6 heteroatoms. The Morgan fingerprint density at radius 1 is 1.47 bits per heavy atom. The summed E-state index contributed by atoms with van der Waals surface area (Å²) in [5.41, 5.74) is 0. The van der Waals surface area contributed by atoms with Crippen LogP contribution in [0.4, 0.5) is 0 Å². The maximum atomic E-state index is 11.2. The molecule has 1 heterocycles. The van der Waals surface area contributed by atoms with Gasteiger partial charge in [-0.1, -0.05) is 0 Å². The SMILES string of the molecule is O=C(O)CCCC(=O)NC1CNC(=O)C1. The molecule has 2 amide bonds. The molecule has 1 fully saturated rings. The van der Waals surface area contributed by atoms with Gasteiger partial charge in [0.15, 0.2) is 0 Å². The molecule has 0 bridgehead atoms. The Morgan fingerprint density at radius 3 is 2.73 bits per heavy atom. The highest BCUT2D eigenvalue weighted by atomic mass is 16.4. The predicted molar refractivity (Wildman–Crippen MR) is 51.0 cm³/mol. The summed E-state index contributed by atoms with van der Waals surface area (Å²) >= 11 is 0. The molecule has 3 N–H and O–H groups in total. The molecule has 15 heavy (non-hydrogen) atoms. The Bertz CT molecular complexity index is 277. The van der Waals surface area contributed by atoms with E-state index in [2.05, 4.69) is 10.6 Å². The number of hydrogen-bond acceptors (Lipinski definition) is 3. The topological polar surface area (TPSA) is 95.5 Å². The second-order valence-corrected chi connectivity index (χ2v) is 3.52. The summed E-state index contributed by atoms with van der Waals surface area (Å²) in [6.45, 7) is 0.462. The van der Waals surface area contributed by atoms with Gasteiger partial charge in [0.2, 0.25) is 11.8 Å². The average molecular weight is 214 g/mol. The minimum atomic E-state index is -0.902. The molecule has 1 unspecified atom stereocenters. The highest BCUT2D eigenvalue weighted by molar-refractivity contribution is 5.82. The van der Waals surface area contributed by atoms with Crippen LogP contribution in [0.5, 0.6) is 0 Å². The van der Waals surface area contributed by atoms with Crippen molar-refractivity contribution in [2.75, 3.05) is 6.54 Å². The van der Waals surface area contributed by atoms with E-state index in [4.69, 9.17) is 5.11 Å². The summed E-state index contributed by atoms with van der Waals surface area (Å²) in [5.74, 6) is -1.16. The number of rotatable bonds is 5. The molecule has 1 rings (SSSR count). The lowest BCUT2D eigenvalue weighted by molar-refractivity contribution is -0.137. The number of carbonyl (C=O) groups excluding carboxylic acids is 2. The van der Waals surface area contributed by atoms with Crippen molar-refractivity contribution in [2.45, 2.75) is 31.7 Å². The summed E-state index contributed by atoms with van der Waals surface area (Å²) in [6, 6.07) is -0.144. The Morgan fingerprint density at radius 2 is 2.20 bits per heavy atom. The number of amides is 2. The highest BCUT2D eigenvalue weighted by Crippen LogP contribution is 2.01. The Hall–Kier alpha value is -1.59. The van der Waals surface area contributed by atoms with Crippen LogP contribution in [-0.2, 0) is 14.4 Å². The predicted octanol–water partition coefficient (Wildman–Crippen LogP) is -0.754. The van der Waals surface area contributed by atoms with E-state index in [1.807, 2.05) is 0 Å². The lowest BCUT2D eigenvalue weighted by Gasteiger charge is -2.09. The first-order chi connectivity index (χ1) is 7.08. The van der Waals surface area contributed by atoms with Crippen molar-refractivity contribution in [3.05, 3.63) is 0 Å². The van der Waals surface area contributed by atoms with Gasteiger partial charge >= 0.3 is 5.97 Å². The van der Waals surface area contributed by atoms with Crippen molar-refractivity contribution < 1.29 is 19.5 Å². The Kier molecular flexibility index (Phi) is 4.08. The van der Waals surface area contributed by atoms with E-state index in [0.29, 0.717) is 19.4 Å². The molecule has 1 atom stereocenters. The molecule has 1 aliphatic rings. The van der Waals surface area contributed by atoms with Crippen LogP contribution >= 0.6 is 0 Å². The van der Waals surface area contributed by atoms with Crippen LogP contribution in [0.2, 0.25) is 0 Å². The van der Waals surface area contributed by atoms with E-state index in [1.165, 1.54) is 0 Å². The molecular formula is C9H14N2O4. The summed E-state index contributed by atoms with van der Waals surface area (Å²) in [7, 11) is 0. The third-order valence-corrected chi connectivity index (χ3v) is 2.14. The maximum absolute atomic E-state index is 11.2. The summed E-state index contributed by atoms with van der Waals surface area (Å²) in [5, 5.41) is 13.6. The third kappa shape index (κ3) is 4.44. The van der Waals surface area contributed by atoms with Crippen molar-refractivity contribution in [1.29, 1.82) is 0 Å². The average Bonchev–Trinajstić information content (AvgIpc) is 2.50. The van der Waals surface area contributed by atoms with E-state index in [0.717, 1.165) is 0 Å². The number of carboxylic acids is 1. The van der Waals surface area contributed by atoms with Crippen LogP contribution in [0.15, 0.2) is 0 Å². The van der Waals surface area contributed by atoms with Gasteiger partial charge < -0.3 is 15.7 Å². The van der Waals surface area contributed by atoms with Crippen LogP contribution in [0.3, 0.4) is 0 Å². The van der Waals surface area contributed by atoms with Crippen molar-refractivity contribution in [3.63, 3.8) is 0 Å². The lowest BCUT2D eigenvalue weighted by atomic mass is 10.2. The van der Waals surface area contributed by atoms with Crippen LogP contribution in [0.1, 0.15) is 25.7 Å². The van der Waals surface area contributed by atoms with E-state index in [9.17, 15) is 14.4 Å². The first-order valence-corrected chi connectivity index (χ1v) is 4.86. The molecule has 1 aliphatic heterocycles. The number of aliphatic carboxylic acids is 1. The number of nitrogens with one attached hydrogen (secondary N) is 2. The molecule has 0 aromatic carbocycles. The molecule has 84 valence electrons. The molecular weight excluding hydrogens is 200 g/mol. The molecule has 0 radical (unpaired) electrons. The monoisotopic (exact) mass is 214 g/mol. The van der Waals surface area contributed by atoms with Crippen molar-refractivity contribution >= 4 is 17.8 Å². The van der Waals surface area contributed by atoms with Gasteiger partial charge in [0.25, 0.3) is 0 Å². The molecule has 0 aromatic rings. The van der Waals surface area contributed by atoms with Gasteiger partial charge in [0, 0.05) is 25.8 Å². The Labute approximate surface area is 87.0 Å². The molecule has 6 nitrogen and oxygen atoms in total. The molecule has 0 saturated carbocycles. The van der Waals surface area contributed by atoms with E-state index >= 15 is 0 Å². The second-order valence-electron chi connectivity index (χ2n) is 3.52. The lowest BCUT2D eigenvalue weighted by Crippen LogP contribution is -2.36. The van der Waals surface area contributed by atoms with Crippen molar-refractivity contribution in [1.82, 2.24) is 10.6 Å². The largest absolute Gasteiger partial charge is 0.481 e. The van der Waals surface area contributed by atoms with Crippen molar-refractivity contribution in [2.24, 2.45) is 0 Å². The highest BCUT2D eigenvalue weighted by Gasteiger charge is 2.22. The molecule has 1 saturated heterocycles. The van der Waals surface area contributed by atoms with Crippen LogP contribution in [0, 0.1) is 0 Å².